The molecule has 114 valence electrons. The lowest BCUT2D eigenvalue weighted by Crippen LogP contribution is -2.32. The van der Waals surface area contributed by atoms with Gasteiger partial charge in [-0.1, -0.05) is 13.0 Å². The van der Waals surface area contributed by atoms with Crippen molar-refractivity contribution >= 4 is 23.2 Å². The van der Waals surface area contributed by atoms with Crippen LogP contribution in [-0.2, 0) is 6.54 Å². The normalized spacial score (nSPS) is 10.9. The molecular formula is C14H21N5OS. The van der Waals surface area contributed by atoms with Gasteiger partial charge in [-0.05, 0) is 31.7 Å². The zero-order valence-electron chi connectivity index (χ0n) is 12.6. The lowest BCUT2D eigenvalue weighted by Gasteiger charge is -2.26. The summed E-state index contributed by atoms with van der Waals surface area (Å²) in [7, 11) is 0. The molecule has 0 saturated heterocycles. The molecule has 2 aromatic rings. The number of hydrogen-bond acceptors (Lipinski definition) is 7. The third-order valence-corrected chi connectivity index (χ3v) is 3.70. The standard InChI is InChI=1S/C14H21N5OS/c1-4-7-20-14-17-12(15)16-13(18-14)19(10(2)3)9-11-6-5-8-21-11/h5-6,8,10H,4,7,9H2,1-3H3,(H2,15,16,17,18). The van der Waals surface area contributed by atoms with Gasteiger partial charge in [0, 0.05) is 10.9 Å². The maximum Gasteiger partial charge on any atom is 0.323 e. The molecule has 0 aliphatic heterocycles. The van der Waals surface area contributed by atoms with E-state index in [-0.39, 0.29) is 18.0 Å². The van der Waals surface area contributed by atoms with Gasteiger partial charge in [-0.3, -0.25) is 0 Å². The molecule has 0 bridgehead atoms. The van der Waals surface area contributed by atoms with Gasteiger partial charge in [0.05, 0.1) is 13.2 Å². The minimum atomic E-state index is 0.183. The summed E-state index contributed by atoms with van der Waals surface area (Å²) in [5.41, 5.74) is 5.78. The Morgan fingerprint density at radius 1 is 1.33 bits per heavy atom. The van der Waals surface area contributed by atoms with Gasteiger partial charge in [0.15, 0.2) is 0 Å². The largest absolute Gasteiger partial charge is 0.463 e. The summed E-state index contributed by atoms with van der Waals surface area (Å²) in [5, 5.41) is 2.06. The molecule has 0 radical (unpaired) electrons. The molecule has 0 saturated carbocycles. The molecule has 2 rings (SSSR count). The van der Waals surface area contributed by atoms with E-state index >= 15 is 0 Å². The second kappa shape index (κ2) is 7.21. The fourth-order valence-corrected chi connectivity index (χ4v) is 2.50. The van der Waals surface area contributed by atoms with Crippen LogP contribution >= 0.6 is 11.3 Å². The molecule has 21 heavy (non-hydrogen) atoms. The Labute approximate surface area is 129 Å². The number of nitrogens with zero attached hydrogens (tertiary/aromatic N) is 4. The van der Waals surface area contributed by atoms with E-state index in [1.54, 1.807) is 11.3 Å². The van der Waals surface area contributed by atoms with Crippen LogP contribution in [0.3, 0.4) is 0 Å². The first-order valence-corrected chi connectivity index (χ1v) is 7.91. The molecule has 0 atom stereocenters. The predicted molar refractivity (Wildman–Crippen MR) is 85.7 cm³/mol. The van der Waals surface area contributed by atoms with Crippen molar-refractivity contribution in [1.29, 1.82) is 0 Å². The van der Waals surface area contributed by atoms with Crippen molar-refractivity contribution in [3.8, 4) is 6.01 Å². The monoisotopic (exact) mass is 307 g/mol. The Balaban J connectivity index is 2.24. The van der Waals surface area contributed by atoms with E-state index in [0.717, 1.165) is 13.0 Å². The van der Waals surface area contributed by atoms with Crippen LogP contribution in [0.15, 0.2) is 17.5 Å². The summed E-state index contributed by atoms with van der Waals surface area (Å²) in [6.45, 7) is 7.53. The zero-order chi connectivity index (χ0) is 15.2. The maximum atomic E-state index is 5.78. The third-order valence-electron chi connectivity index (χ3n) is 2.84. The van der Waals surface area contributed by atoms with Gasteiger partial charge >= 0.3 is 6.01 Å². The van der Waals surface area contributed by atoms with E-state index in [1.165, 1.54) is 4.88 Å². The van der Waals surface area contributed by atoms with Crippen molar-refractivity contribution in [3.05, 3.63) is 22.4 Å². The minimum Gasteiger partial charge on any atom is -0.463 e. The first kappa shape index (κ1) is 15.5. The first-order valence-electron chi connectivity index (χ1n) is 7.03. The van der Waals surface area contributed by atoms with Crippen molar-refractivity contribution in [2.45, 2.75) is 39.8 Å². The summed E-state index contributed by atoms with van der Waals surface area (Å²) < 4.78 is 5.48. The lowest BCUT2D eigenvalue weighted by molar-refractivity contribution is 0.291. The van der Waals surface area contributed by atoms with E-state index in [9.17, 15) is 0 Å². The average molecular weight is 307 g/mol. The lowest BCUT2D eigenvalue weighted by atomic mass is 10.3. The number of nitrogens with two attached hydrogens (primary N) is 1. The van der Waals surface area contributed by atoms with Crippen molar-refractivity contribution in [1.82, 2.24) is 15.0 Å². The molecule has 0 aromatic carbocycles. The van der Waals surface area contributed by atoms with Crippen LogP contribution in [0.2, 0.25) is 0 Å². The highest BCUT2D eigenvalue weighted by atomic mass is 32.1. The minimum absolute atomic E-state index is 0.183. The van der Waals surface area contributed by atoms with Crippen LogP contribution in [0.4, 0.5) is 11.9 Å². The van der Waals surface area contributed by atoms with Crippen LogP contribution < -0.4 is 15.4 Å². The zero-order valence-corrected chi connectivity index (χ0v) is 13.4. The van der Waals surface area contributed by atoms with Crippen LogP contribution in [0.25, 0.3) is 0 Å². The van der Waals surface area contributed by atoms with Gasteiger partial charge < -0.3 is 15.4 Å². The Hall–Kier alpha value is -1.89. The van der Waals surface area contributed by atoms with Gasteiger partial charge in [0.2, 0.25) is 11.9 Å². The highest BCUT2D eigenvalue weighted by Crippen LogP contribution is 2.21. The summed E-state index contributed by atoms with van der Waals surface area (Å²) in [6.07, 6.45) is 0.893. The number of aromatic nitrogens is 3. The molecule has 0 aliphatic carbocycles. The number of anilines is 2. The summed E-state index contributed by atoms with van der Waals surface area (Å²) >= 11 is 1.71. The van der Waals surface area contributed by atoms with Crippen molar-refractivity contribution in [2.75, 3.05) is 17.2 Å². The van der Waals surface area contributed by atoms with E-state index in [0.29, 0.717) is 12.6 Å². The maximum absolute atomic E-state index is 5.78. The molecule has 2 N–H and O–H groups in total. The average Bonchev–Trinajstić information content (AvgIpc) is 2.94. The molecule has 2 heterocycles. The molecule has 0 fully saturated rings. The van der Waals surface area contributed by atoms with Crippen molar-refractivity contribution in [3.63, 3.8) is 0 Å². The van der Waals surface area contributed by atoms with Crippen LogP contribution in [0, 0.1) is 0 Å². The summed E-state index contributed by atoms with van der Waals surface area (Å²) in [4.78, 5) is 16.0. The molecule has 0 unspecified atom stereocenters. The van der Waals surface area contributed by atoms with Crippen molar-refractivity contribution < 1.29 is 4.74 Å². The topological polar surface area (TPSA) is 77.2 Å². The Morgan fingerprint density at radius 3 is 2.76 bits per heavy atom. The Morgan fingerprint density at radius 2 is 2.14 bits per heavy atom. The SMILES string of the molecule is CCCOc1nc(N)nc(N(Cc2cccs2)C(C)C)n1. The van der Waals surface area contributed by atoms with Crippen molar-refractivity contribution in [2.24, 2.45) is 0 Å². The highest BCUT2D eigenvalue weighted by Gasteiger charge is 2.17. The van der Waals surface area contributed by atoms with Crippen LogP contribution in [0.5, 0.6) is 6.01 Å². The fraction of sp³-hybridized carbons (Fsp3) is 0.500. The summed E-state index contributed by atoms with van der Waals surface area (Å²) in [6, 6.07) is 4.67. The molecule has 0 spiro atoms. The first-order chi connectivity index (χ1) is 10.1. The predicted octanol–water partition coefficient (Wildman–Crippen LogP) is 2.72. The van der Waals surface area contributed by atoms with Gasteiger partial charge in [-0.2, -0.15) is 15.0 Å². The fourth-order valence-electron chi connectivity index (χ4n) is 1.80. The molecule has 0 aliphatic rings. The smallest absolute Gasteiger partial charge is 0.323 e. The Kier molecular flexibility index (Phi) is 5.32. The molecule has 6 nitrogen and oxygen atoms in total. The quantitative estimate of drug-likeness (QED) is 0.847. The number of ether oxygens (including phenoxy) is 1. The van der Waals surface area contributed by atoms with E-state index in [4.69, 9.17) is 10.5 Å². The van der Waals surface area contributed by atoms with Gasteiger partial charge in [-0.15, -0.1) is 11.3 Å². The highest BCUT2D eigenvalue weighted by molar-refractivity contribution is 7.09. The van der Waals surface area contributed by atoms with Crippen LogP contribution in [0.1, 0.15) is 32.1 Å². The number of hydrogen-bond donors (Lipinski definition) is 1. The molecule has 0 amide bonds. The third kappa shape index (κ3) is 4.29. The van der Waals surface area contributed by atoms with E-state index in [1.807, 2.05) is 13.0 Å². The molecule has 2 aromatic heterocycles. The number of nitrogen functional groups attached to an aromatic ring is 1. The second-order valence-electron chi connectivity index (χ2n) is 4.93. The van der Waals surface area contributed by atoms with Crippen LogP contribution in [-0.4, -0.2) is 27.6 Å². The van der Waals surface area contributed by atoms with Gasteiger partial charge in [0.1, 0.15) is 0 Å². The molecular weight excluding hydrogens is 286 g/mol. The van der Waals surface area contributed by atoms with Gasteiger partial charge in [-0.25, -0.2) is 0 Å². The molecule has 7 heteroatoms. The van der Waals surface area contributed by atoms with Gasteiger partial charge in [0.25, 0.3) is 0 Å². The second-order valence-corrected chi connectivity index (χ2v) is 5.96. The van der Waals surface area contributed by atoms with E-state index < -0.39 is 0 Å². The number of rotatable bonds is 7. The van der Waals surface area contributed by atoms with E-state index in [2.05, 4.69) is 45.1 Å². The number of thiophene rings is 1. The summed E-state index contributed by atoms with van der Waals surface area (Å²) in [5.74, 6) is 0.736. The Bertz CT molecular complexity index is 558.